The van der Waals surface area contributed by atoms with Crippen LogP contribution < -0.4 is 5.32 Å². The first-order chi connectivity index (χ1) is 12.7. The largest absolute Gasteiger partial charge is 0.376 e. The van der Waals surface area contributed by atoms with Crippen LogP contribution >= 0.6 is 11.8 Å². The maximum atomic E-state index is 12.3. The Hall–Kier alpha value is -1.86. The third kappa shape index (κ3) is 4.86. The van der Waals surface area contributed by atoms with Crippen molar-refractivity contribution in [3.8, 4) is 0 Å². The third-order valence-corrected chi connectivity index (χ3v) is 5.50. The summed E-state index contributed by atoms with van der Waals surface area (Å²) in [5.41, 5.74) is 1.10. The molecule has 2 heterocycles. The predicted molar refractivity (Wildman–Crippen MR) is 102 cm³/mol. The average molecular weight is 375 g/mol. The molecule has 2 unspecified atom stereocenters. The number of benzene rings is 1. The van der Waals surface area contributed by atoms with E-state index >= 15 is 0 Å². The van der Waals surface area contributed by atoms with Crippen molar-refractivity contribution < 1.29 is 9.53 Å². The number of nitrogens with one attached hydrogen (secondary N) is 1. The lowest BCUT2D eigenvalue weighted by molar-refractivity contribution is -0.119. The molecule has 1 aromatic carbocycles. The van der Waals surface area contributed by atoms with E-state index in [0.717, 1.165) is 49.0 Å². The average Bonchev–Trinajstić information content (AvgIpc) is 3.31. The number of carbonyl (C=O) groups is 1. The molecule has 0 saturated carbocycles. The number of rotatable bonds is 8. The second-order valence-electron chi connectivity index (χ2n) is 6.49. The van der Waals surface area contributed by atoms with Crippen molar-refractivity contribution in [2.24, 2.45) is 0 Å². The van der Waals surface area contributed by atoms with Gasteiger partial charge in [0.25, 0.3) is 0 Å². The molecule has 3 rings (SSSR count). The van der Waals surface area contributed by atoms with Crippen molar-refractivity contribution in [2.75, 3.05) is 12.4 Å². The molecule has 6 nitrogen and oxygen atoms in total. The number of aromatic nitrogens is 3. The highest BCUT2D eigenvalue weighted by molar-refractivity contribution is 7.99. The van der Waals surface area contributed by atoms with E-state index in [9.17, 15) is 4.79 Å². The summed E-state index contributed by atoms with van der Waals surface area (Å²) in [6.45, 7) is 5.66. The monoisotopic (exact) mass is 374 g/mol. The Morgan fingerprint density at radius 2 is 2.19 bits per heavy atom. The molecular weight excluding hydrogens is 348 g/mol. The van der Waals surface area contributed by atoms with Crippen molar-refractivity contribution >= 4 is 17.7 Å². The van der Waals surface area contributed by atoms with Gasteiger partial charge in [0, 0.05) is 13.0 Å². The molecule has 1 fully saturated rings. The van der Waals surface area contributed by atoms with Gasteiger partial charge in [-0.15, -0.1) is 10.2 Å². The van der Waals surface area contributed by atoms with Crippen LogP contribution in [-0.4, -0.2) is 39.1 Å². The van der Waals surface area contributed by atoms with Crippen LogP contribution in [0.2, 0.25) is 0 Å². The number of amides is 1. The first kappa shape index (κ1) is 18.9. The van der Waals surface area contributed by atoms with Crippen LogP contribution in [0.15, 0.2) is 35.5 Å². The fourth-order valence-electron chi connectivity index (χ4n) is 3.10. The Kier molecular flexibility index (Phi) is 6.68. The Morgan fingerprint density at radius 3 is 2.88 bits per heavy atom. The number of carbonyl (C=O) groups excluding carboxylic acids is 1. The van der Waals surface area contributed by atoms with Crippen molar-refractivity contribution in [2.45, 2.75) is 57.0 Å². The molecule has 0 spiro atoms. The van der Waals surface area contributed by atoms with E-state index in [0.29, 0.717) is 5.75 Å². The van der Waals surface area contributed by atoms with Crippen LogP contribution in [0.1, 0.15) is 44.1 Å². The number of hydrogen-bond donors (Lipinski definition) is 1. The summed E-state index contributed by atoms with van der Waals surface area (Å²) in [6.07, 6.45) is 3.22. The van der Waals surface area contributed by atoms with E-state index in [2.05, 4.69) is 27.0 Å². The number of ether oxygens (including phenoxy) is 1. The Bertz CT molecular complexity index is 714. The van der Waals surface area contributed by atoms with Crippen LogP contribution in [0.4, 0.5) is 0 Å². The first-order valence-corrected chi connectivity index (χ1v) is 10.2. The Morgan fingerprint density at radius 1 is 1.38 bits per heavy atom. The van der Waals surface area contributed by atoms with Gasteiger partial charge in [-0.1, -0.05) is 49.0 Å². The zero-order valence-corrected chi connectivity index (χ0v) is 16.2. The van der Waals surface area contributed by atoms with Gasteiger partial charge >= 0.3 is 0 Å². The van der Waals surface area contributed by atoms with Gasteiger partial charge in [0.15, 0.2) is 5.16 Å². The van der Waals surface area contributed by atoms with E-state index in [1.54, 1.807) is 0 Å². The summed E-state index contributed by atoms with van der Waals surface area (Å²) in [7, 11) is 0. The molecule has 1 aliphatic heterocycles. The van der Waals surface area contributed by atoms with Crippen LogP contribution in [0.5, 0.6) is 0 Å². The lowest BCUT2D eigenvalue weighted by atomic mass is 10.1. The van der Waals surface area contributed by atoms with Crippen molar-refractivity contribution in [3.05, 3.63) is 41.7 Å². The molecule has 0 radical (unpaired) electrons. The highest BCUT2D eigenvalue weighted by Gasteiger charge is 2.21. The molecule has 2 aromatic rings. The second kappa shape index (κ2) is 9.19. The van der Waals surface area contributed by atoms with Gasteiger partial charge in [-0.2, -0.15) is 0 Å². The summed E-state index contributed by atoms with van der Waals surface area (Å²) < 4.78 is 7.85. The number of hydrogen-bond acceptors (Lipinski definition) is 5. The highest BCUT2D eigenvalue weighted by Crippen LogP contribution is 2.22. The van der Waals surface area contributed by atoms with Crippen molar-refractivity contribution in [3.63, 3.8) is 0 Å². The summed E-state index contributed by atoms with van der Waals surface area (Å²) in [5, 5.41) is 12.4. The molecule has 1 amide bonds. The lowest BCUT2D eigenvalue weighted by Crippen LogP contribution is -2.28. The van der Waals surface area contributed by atoms with E-state index in [-0.39, 0.29) is 18.1 Å². The summed E-state index contributed by atoms with van der Waals surface area (Å²) >= 11 is 1.43. The first-order valence-electron chi connectivity index (χ1n) is 9.18. The van der Waals surface area contributed by atoms with Crippen molar-refractivity contribution in [1.82, 2.24) is 20.1 Å². The van der Waals surface area contributed by atoms with E-state index in [1.807, 2.05) is 37.3 Å². The molecule has 2 atom stereocenters. The van der Waals surface area contributed by atoms with E-state index in [1.165, 1.54) is 11.8 Å². The molecule has 1 saturated heterocycles. The third-order valence-electron chi connectivity index (χ3n) is 4.53. The Balaban J connectivity index is 1.56. The molecule has 7 heteroatoms. The fraction of sp³-hybridized carbons (Fsp3) is 0.526. The number of thioether (sulfide) groups is 1. The number of aryl methyl sites for hydroxylation is 1. The van der Waals surface area contributed by atoms with Crippen LogP contribution in [0.25, 0.3) is 0 Å². The minimum atomic E-state index is -0.0136. The molecule has 0 bridgehead atoms. The molecule has 1 aliphatic rings. The maximum absolute atomic E-state index is 12.3. The van der Waals surface area contributed by atoms with E-state index < -0.39 is 0 Å². The van der Waals surface area contributed by atoms with Gasteiger partial charge in [-0.25, -0.2) is 0 Å². The second-order valence-corrected chi connectivity index (χ2v) is 7.43. The quantitative estimate of drug-likeness (QED) is 0.720. The van der Waals surface area contributed by atoms with Crippen LogP contribution in [-0.2, 0) is 22.5 Å². The van der Waals surface area contributed by atoms with Crippen LogP contribution in [0, 0.1) is 0 Å². The molecule has 140 valence electrons. The molecule has 26 heavy (non-hydrogen) atoms. The minimum Gasteiger partial charge on any atom is -0.376 e. The van der Waals surface area contributed by atoms with Crippen LogP contribution in [0.3, 0.4) is 0 Å². The zero-order chi connectivity index (χ0) is 18.4. The zero-order valence-electron chi connectivity index (χ0n) is 15.4. The van der Waals surface area contributed by atoms with Gasteiger partial charge < -0.3 is 14.6 Å². The minimum absolute atomic E-state index is 0.00364. The fourth-order valence-corrected chi connectivity index (χ4v) is 3.88. The predicted octanol–water partition coefficient (Wildman–Crippen LogP) is 2.99. The molecule has 1 N–H and O–H groups in total. The van der Waals surface area contributed by atoms with Gasteiger partial charge in [0.05, 0.1) is 24.4 Å². The highest BCUT2D eigenvalue weighted by atomic mass is 32.2. The topological polar surface area (TPSA) is 69.0 Å². The van der Waals surface area contributed by atoms with Crippen molar-refractivity contribution in [1.29, 1.82) is 0 Å². The standard InChI is InChI=1S/C19H26N4O2S/c1-3-17-21-22-19(23(17)12-16-10-7-11-25-16)26-13-18(24)20-14(2)15-8-5-4-6-9-15/h4-6,8-9,14,16H,3,7,10-13H2,1-2H3,(H,20,24). The lowest BCUT2D eigenvalue weighted by Gasteiger charge is -2.15. The molecular formula is C19H26N4O2S. The molecule has 0 aliphatic carbocycles. The SMILES string of the molecule is CCc1nnc(SCC(=O)NC(C)c2ccccc2)n1CC1CCCO1. The van der Waals surface area contributed by atoms with Gasteiger partial charge in [0.2, 0.25) is 5.91 Å². The summed E-state index contributed by atoms with van der Waals surface area (Å²) in [5.74, 6) is 1.27. The Labute approximate surface area is 158 Å². The summed E-state index contributed by atoms with van der Waals surface area (Å²) in [4.78, 5) is 12.3. The summed E-state index contributed by atoms with van der Waals surface area (Å²) in [6, 6.07) is 9.95. The van der Waals surface area contributed by atoms with E-state index in [4.69, 9.17) is 4.74 Å². The molecule has 1 aromatic heterocycles. The van der Waals surface area contributed by atoms with Gasteiger partial charge in [0.1, 0.15) is 5.82 Å². The van der Waals surface area contributed by atoms with Gasteiger partial charge in [-0.05, 0) is 25.3 Å². The van der Waals surface area contributed by atoms with Gasteiger partial charge in [-0.3, -0.25) is 4.79 Å². The number of nitrogens with zero attached hydrogens (tertiary/aromatic N) is 3. The smallest absolute Gasteiger partial charge is 0.230 e. The normalized spacial score (nSPS) is 18.0. The maximum Gasteiger partial charge on any atom is 0.230 e.